The van der Waals surface area contributed by atoms with Gasteiger partial charge in [-0.05, 0) is 86.7 Å². The molecule has 21 N–H and O–H groups in total. The monoisotopic (exact) mass is 1480 g/mol. The Morgan fingerprint density at radius 2 is 0.755 bits per heavy atom. The van der Waals surface area contributed by atoms with E-state index in [-0.39, 0.29) is 90.8 Å². The number of aliphatic carboxylic acids is 2. The molecule has 1 saturated heterocycles. The Hall–Kier alpha value is -9.88. The van der Waals surface area contributed by atoms with Gasteiger partial charge in [-0.3, -0.25) is 57.5 Å². The molecule has 0 bridgehead atoms. The molecule has 4 aromatic rings. The first kappa shape index (κ1) is 86.8. The van der Waals surface area contributed by atoms with Crippen LogP contribution in [0.3, 0.4) is 0 Å². The standard InChI is InChI=1S/C72H100N12O22/c73-31-15-13-25-49(79-68(99)52(37-44-17-5-1-6-18-44)77-58(87)42-104-36-35-103-34-33-76-57(86)43-105-72-63(94)62(93)61(92)56(41-85)106-72)65(96)83-55(40-47-23-11-4-12-24-47)71(102)81-51(28-30-60(90)91)67(98)84-54(39-46-21-9-3-10-22-46)70(101)80-50(26-14-16-32-74)66(97)82-53(38-45-19-7-2-8-20-45)69(100)78-48(64(75)95)27-29-59(88)89/h1-12,17-24,48-56,61-63,72,85,92-94H,13-16,25-43,73-74H2,(H2,75,95)(H,76,86)(H,77,87)(H,78,100)(H,79,99)(H,80,101)(H,81,102)(H,82,97)(H,83,96)(H,84,98)(H,88,89)(H,90,91)/t48-,49-,50-,51-,52-,53-,54-,55-,56+,61+,62-,63-,72-/m0/s1. The van der Waals surface area contributed by atoms with Gasteiger partial charge >= 0.3 is 11.9 Å². The predicted molar refractivity (Wildman–Crippen MR) is 379 cm³/mol. The average Bonchev–Trinajstić information content (AvgIpc) is 0.824. The predicted octanol–water partition coefficient (Wildman–Crippen LogP) is -3.73. The van der Waals surface area contributed by atoms with Crippen molar-refractivity contribution < 1.29 is 107 Å². The first-order chi connectivity index (χ1) is 50.9. The van der Waals surface area contributed by atoms with E-state index in [1.54, 1.807) is 121 Å². The van der Waals surface area contributed by atoms with Crippen LogP contribution < -0.4 is 65.1 Å². The molecule has 580 valence electrons. The number of aliphatic hydroxyl groups is 4. The number of ether oxygens (including phenoxy) is 4. The smallest absolute Gasteiger partial charge is 0.303 e. The van der Waals surface area contributed by atoms with E-state index in [0.717, 1.165) is 0 Å². The van der Waals surface area contributed by atoms with Crippen molar-refractivity contribution in [3.05, 3.63) is 144 Å². The van der Waals surface area contributed by atoms with E-state index >= 15 is 0 Å². The third-order valence-corrected chi connectivity index (χ3v) is 16.8. The number of rotatable bonds is 50. The molecular formula is C72H100N12O22. The molecule has 4 aromatic carbocycles. The lowest BCUT2D eigenvalue weighted by Crippen LogP contribution is -2.61. The van der Waals surface area contributed by atoms with Gasteiger partial charge in [-0.25, -0.2) is 0 Å². The molecule has 1 aliphatic heterocycles. The molecular weight excluding hydrogens is 1380 g/mol. The van der Waals surface area contributed by atoms with Crippen LogP contribution >= 0.6 is 0 Å². The third-order valence-electron chi connectivity index (χ3n) is 16.8. The normalized spacial score (nSPS) is 17.7. The highest BCUT2D eigenvalue weighted by molar-refractivity contribution is 5.98. The Morgan fingerprint density at radius 1 is 0.406 bits per heavy atom. The molecule has 1 aliphatic rings. The van der Waals surface area contributed by atoms with E-state index < -0.39 is 189 Å². The van der Waals surface area contributed by atoms with Gasteiger partial charge in [0.2, 0.25) is 59.1 Å². The molecule has 106 heavy (non-hydrogen) atoms. The molecule has 0 unspecified atom stereocenters. The van der Waals surface area contributed by atoms with Gasteiger partial charge in [0.05, 0.1) is 26.4 Å². The zero-order chi connectivity index (χ0) is 77.3. The second kappa shape index (κ2) is 47.5. The SMILES string of the molecule is NCCCC[C@H](NC(=O)[C@H](Cc1ccccc1)NC(=O)COCCOCCNC(=O)CO[C@H]1O[C@H](CO)[C@@H](O)[C@H](O)[C@@H]1O)C(=O)N[C@@H](Cc1ccccc1)C(=O)N[C@@H](CCC(=O)O)C(=O)N[C@@H](Cc1ccccc1)C(=O)N[C@@H](CCCCN)C(=O)N[C@@H](Cc1ccccc1)C(=O)N[C@@H](CCC(=O)O)C(N)=O. The lowest BCUT2D eigenvalue weighted by molar-refractivity contribution is -0.299. The molecule has 13 atom stereocenters. The maximum Gasteiger partial charge on any atom is 0.303 e. The van der Waals surface area contributed by atoms with Gasteiger partial charge in [-0.15, -0.1) is 0 Å². The van der Waals surface area contributed by atoms with Crippen molar-refractivity contribution in [1.29, 1.82) is 0 Å². The molecule has 10 amide bonds. The highest BCUT2D eigenvalue weighted by atomic mass is 16.7. The summed E-state index contributed by atoms with van der Waals surface area (Å²) < 4.78 is 21.4. The summed E-state index contributed by atoms with van der Waals surface area (Å²) in [6.07, 6.45) is -9.23. The molecule has 5 rings (SSSR count). The topological polar surface area (TPSA) is 549 Å². The quantitative estimate of drug-likeness (QED) is 0.0189. The van der Waals surface area contributed by atoms with Crippen molar-refractivity contribution in [2.24, 2.45) is 17.2 Å². The van der Waals surface area contributed by atoms with Crippen molar-refractivity contribution in [3.63, 3.8) is 0 Å². The van der Waals surface area contributed by atoms with Crippen molar-refractivity contribution in [2.45, 2.75) is 169 Å². The molecule has 0 spiro atoms. The van der Waals surface area contributed by atoms with Crippen molar-refractivity contribution in [3.8, 4) is 0 Å². The average molecular weight is 1490 g/mol. The molecule has 1 heterocycles. The number of benzene rings is 4. The number of carboxylic acids is 2. The van der Waals surface area contributed by atoms with Crippen LogP contribution in [0.4, 0.5) is 0 Å². The molecule has 0 aromatic heterocycles. The van der Waals surface area contributed by atoms with Gasteiger partial charge in [-0.1, -0.05) is 121 Å². The number of aliphatic hydroxyl groups excluding tert-OH is 4. The maximum atomic E-state index is 14.9. The van der Waals surface area contributed by atoms with Crippen LogP contribution in [0.1, 0.15) is 86.5 Å². The van der Waals surface area contributed by atoms with E-state index in [9.17, 15) is 88.2 Å². The Labute approximate surface area is 612 Å². The van der Waals surface area contributed by atoms with E-state index in [1.807, 2.05) is 0 Å². The molecule has 34 nitrogen and oxygen atoms in total. The minimum atomic E-state index is -1.71. The summed E-state index contributed by atoms with van der Waals surface area (Å²) in [5, 5.41) is 82.4. The number of carbonyl (C=O) groups excluding carboxylic acids is 10. The summed E-state index contributed by atoms with van der Waals surface area (Å²) in [7, 11) is 0. The van der Waals surface area contributed by atoms with Gasteiger partial charge in [0.1, 0.15) is 86.0 Å². The van der Waals surface area contributed by atoms with E-state index in [2.05, 4.69) is 47.9 Å². The second-order valence-electron chi connectivity index (χ2n) is 25.2. The minimum Gasteiger partial charge on any atom is -0.481 e. The Morgan fingerprint density at radius 3 is 1.13 bits per heavy atom. The fourth-order valence-electron chi connectivity index (χ4n) is 11.1. The lowest BCUT2D eigenvalue weighted by atomic mass is 9.99. The number of nitrogens with two attached hydrogens (primary N) is 3. The van der Waals surface area contributed by atoms with Crippen molar-refractivity contribution in [1.82, 2.24) is 47.9 Å². The first-order valence-electron chi connectivity index (χ1n) is 34.9. The fraction of sp³-hybridized carbons (Fsp3) is 0.500. The number of carbonyl (C=O) groups is 12. The first-order valence-corrected chi connectivity index (χ1v) is 34.9. The Balaban J connectivity index is 1.31. The van der Waals surface area contributed by atoms with Gasteiger partial charge in [0.25, 0.3) is 0 Å². The summed E-state index contributed by atoms with van der Waals surface area (Å²) in [5.41, 5.74) is 19.4. The largest absolute Gasteiger partial charge is 0.481 e. The van der Waals surface area contributed by atoms with E-state index in [1.165, 1.54) is 0 Å². The maximum absolute atomic E-state index is 14.9. The lowest BCUT2D eigenvalue weighted by Gasteiger charge is -2.39. The van der Waals surface area contributed by atoms with Crippen LogP contribution in [0.2, 0.25) is 0 Å². The van der Waals surface area contributed by atoms with Gasteiger partial charge in [0.15, 0.2) is 6.29 Å². The summed E-state index contributed by atoms with van der Waals surface area (Å²) in [4.78, 5) is 164. The Bertz CT molecular complexity index is 3420. The molecule has 0 aliphatic carbocycles. The van der Waals surface area contributed by atoms with Crippen molar-refractivity contribution >= 4 is 71.0 Å². The van der Waals surface area contributed by atoms with Crippen LogP contribution in [0.25, 0.3) is 0 Å². The number of hydrogen-bond donors (Lipinski definition) is 18. The van der Waals surface area contributed by atoms with Crippen molar-refractivity contribution in [2.75, 3.05) is 59.3 Å². The second-order valence-corrected chi connectivity index (χ2v) is 25.2. The summed E-state index contributed by atoms with van der Waals surface area (Å²) in [5.74, 6) is -11.4. The van der Waals surface area contributed by atoms with Gasteiger partial charge < -0.3 is 115 Å². The number of nitrogens with one attached hydrogen (secondary N) is 9. The van der Waals surface area contributed by atoms with Gasteiger partial charge in [-0.2, -0.15) is 0 Å². The zero-order valence-corrected chi connectivity index (χ0v) is 58.8. The molecule has 0 radical (unpaired) electrons. The van der Waals surface area contributed by atoms with E-state index in [4.69, 9.17) is 36.1 Å². The third kappa shape index (κ3) is 31.8. The number of hydrogen-bond acceptors (Lipinski definition) is 22. The number of amides is 10. The van der Waals surface area contributed by atoms with Crippen LogP contribution in [-0.4, -0.2) is 240 Å². The number of unbranched alkanes of at least 4 members (excludes halogenated alkanes) is 2. The highest BCUT2D eigenvalue weighted by Gasteiger charge is 2.44. The minimum absolute atomic E-state index is 0.00335. The Kier molecular flexibility index (Phi) is 38.9. The molecule has 34 heteroatoms. The van der Waals surface area contributed by atoms with Crippen LogP contribution in [0.5, 0.6) is 0 Å². The number of primary amides is 1. The van der Waals surface area contributed by atoms with Crippen LogP contribution in [0.15, 0.2) is 121 Å². The molecule has 0 saturated carbocycles. The van der Waals surface area contributed by atoms with Gasteiger partial charge in [0, 0.05) is 45.1 Å². The van der Waals surface area contributed by atoms with Crippen LogP contribution in [-0.2, 0) is 102 Å². The fourth-order valence-corrected chi connectivity index (χ4v) is 11.1. The summed E-state index contributed by atoms with van der Waals surface area (Å²) in [6.45, 7) is -1.60. The highest BCUT2D eigenvalue weighted by Crippen LogP contribution is 2.22. The summed E-state index contributed by atoms with van der Waals surface area (Å²) in [6, 6.07) is 22.1. The van der Waals surface area contributed by atoms with Crippen LogP contribution in [0, 0.1) is 0 Å². The molecule has 1 fully saturated rings. The van der Waals surface area contributed by atoms with E-state index in [0.29, 0.717) is 41.5 Å². The summed E-state index contributed by atoms with van der Waals surface area (Å²) >= 11 is 0. The zero-order valence-electron chi connectivity index (χ0n) is 58.8. The number of carboxylic acid groups (broad SMARTS) is 2.